The molecule has 0 radical (unpaired) electrons. The van der Waals surface area contributed by atoms with Crippen molar-refractivity contribution in [3.8, 4) is 6.07 Å². The Hall–Kier alpha value is -4.86. The highest BCUT2D eigenvalue weighted by Crippen LogP contribution is 2.13. The minimum absolute atomic E-state index is 0.0511. The van der Waals surface area contributed by atoms with Gasteiger partial charge in [-0.3, -0.25) is 9.59 Å². The molecule has 4 aromatic carbocycles. The summed E-state index contributed by atoms with van der Waals surface area (Å²) in [4.78, 5) is 27.4. The maximum atomic E-state index is 13.9. The van der Waals surface area contributed by atoms with E-state index in [1.165, 1.54) is 0 Å². The second-order valence-electron chi connectivity index (χ2n) is 11.0. The molecule has 4 aromatic rings. The molecule has 0 fully saturated rings. The van der Waals surface area contributed by atoms with E-state index in [1.54, 1.807) is 66.7 Å². The van der Waals surface area contributed by atoms with Crippen LogP contribution in [0.2, 0.25) is 0 Å². The van der Waals surface area contributed by atoms with Crippen molar-refractivity contribution in [2.45, 2.75) is 50.3 Å². The molecule has 4 rings (SSSR count). The average Bonchev–Trinajstić information content (AvgIpc) is 3.07. The molecule has 0 unspecified atom stereocenters. The predicted octanol–water partition coefficient (Wildman–Crippen LogP) is 2.55. The molecule has 0 aliphatic carbocycles. The molecule has 11 heteroatoms. The summed E-state index contributed by atoms with van der Waals surface area (Å²) in [5.41, 5.74) is 16.6. The minimum Gasteiger partial charge on any atom is -0.350 e. The molecule has 0 spiro atoms. The number of benzene rings is 4. The van der Waals surface area contributed by atoms with E-state index in [0.717, 1.165) is 27.8 Å². The number of nitrogens with one attached hydrogen (secondary N) is 3. The molecule has 2 amide bonds. The van der Waals surface area contributed by atoms with Crippen LogP contribution in [0.1, 0.15) is 38.9 Å². The lowest BCUT2D eigenvalue weighted by Gasteiger charge is -2.24. The Balaban J connectivity index is 1.57. The molecule has 2 atom stereocenters. The highest BCUT2D eigenvalue weighted by atomic mass is 32.2. The predicted molar refractivity (Wildman–Crippen MR) is 177 cm³/mol. The fraction of sp³-hybridized carbons (Fsp3) is 0.229. The lowest BCUT2D eigenvalue weighted by Crippen LogP contribution is -2.55. The number of nitrogens with zero attached hydrogens (tertiary/aromatic N) is 1. The number of nitriles is 1. The molecule has 0 saturated carbocycles. The zero-order valence-electron chi connectivity index (χ0n) is 25.4. The van der Waals surface area contributed by atoms with Gasteiger partial charge < -0.3 is 22.1 Å². The van der Waals surface area contributed by atoms with Gasteiger partial charge in [-0.1, -0.05) is 91.0 Å². The molecule has 238 valence electrons. The third-order valence-electron chi connectivity index (χ3n) is 7.42. The van der Waals surface area contributed by atoms with Gasteiger partial charge in [-0.25, -0.2) is 13.1 Å². The van der Waals surface area contributed by atoms with Crippen LogP contribution in [0.4, 0.5) is 0 Å². The molecule has 7 N–H and O–H groups in total. The van der Waals surface area contributed by atoms with Crippen LogP contribution in [0, 0.1) is 11.3 Å². The highest BCUT2D eigenvalue weighted by molar-refractivity contribution is 7.88. The summed E-state index contributed by atoms with van der Waals surface area (Å²) in [6, 6.07) is 30.0. The number of carbonyl (C=O) groups excluding carboxylic acids is 2. The Bertz CT molecular complexity index is 1740. The number of hydrogen-bond donors (Lipinski definition) is 5. The first-order valence-electron chi connectivity index (χ1n) is 14.8. The number of nitrogens with two attached hydrogens (primary N) is 2. The van der Waals surface area contributed by atoms with Crippen molar-refractivity contribution in [3.63, 3.8) is 0 Å². The van der Waals surface area contributed by atoms with Gasteiger partial charge in [0.25, 0.3) is 0 Å². The largest absolute Gasteiger partial charge is 0.350 e. The summed E-state index contributed by atoms with van der Waals surface area (Å²) >= 11 is 0. The first-order valence-corrected chi connectivity index (χ1v) is 16.5. The molecule has 10 nitrogen and oxygen atoms in total. The Labute approximate surface area is 269 Å². The van der Waals surface area contributed by atoms with Crippen molar-refractivity contribution in [3.05, 3.63) is 142 Å². The Kier molecular flexibility index (Phi) is 12.2. The first-order chi connectivity index (χ1) is 22.2. The summed E-state index contributed by atoms with van der Waals surface area (Å²) in [5, 5.41) is 14.7. The number of hydrogen-bond acceptors (Lipinski definition) is 7. The van der Waals surface area contributed by atoms with Gasteiger partial charge in [-0.2, -0.15) is 5.26 Å². The van der Waals surface area contributed by atoms with E-state index < -0.39 is 33.9 Å². The van der Waals surface area contributed by atoms with Crippen LogP contribution < -0.4 is 26.8 Å². The lowest BCUT2D eigenvalue weighted by molar-refractivity contribution is -0.129. The summed E-state index contributed by atoms with van der Waals surface area (Å²) in [6.07, 6.45) is 0.208. The molecule has 0 aromatic heterocycles. The summed E-state index contributed by atoms with van der Waals surface area (Å²) < 4.78 is 29.1. The quantitative estimate of drug-likeness (QED) is 0.133. The van der Waals surface area contributed by atoms with Crippen molar-refractivity contribution in [2.24, 2.45) is 11.5 Å². The molecular weight excluding hydrogens is 600 g/mol. The number of sulfonamides is 1. The number of rotatable bonds is 15. The number of carbonyl (C=O) groups is 2. The van der Waals surface area contributed by atoms with Gasteiger partial charge in [0.15, 0.2) is 0 Å². The fourth-order valence-corrected chi connectivity index (χ4v) is 6.16. The number of amides is 2. The van der Waals surface area contributed by atoms with Crippen LogP contribution in [-0.4, -0.2) is 32.3 Å². The van der Waals surface area contributed by atoms with E-state index in [0.29, 0.717) is 24.2 Å². The van der Waals surface area contributed by atoms with Crippen LogP contribution in [0.15, 0.2) is 103 Å². The van der Waals surface area contributed by atoms with Crippen LogP contribution in [0.25, 0.3) is 0 Å². The van der Waals surface area contributed by atoms with Crippen molar-refractivity contribution < 1.29 is 18.0 Å². The maximum absolute atomic E-state index is 13.9. The Morgan fingerprint density at radius 2 is 1.15 bits per heavy atom. The molecule has 0 aliphatic rings. The van der Waals surface area contributed by atoms with Crippen LogP contribution in [0.3, 0.4) is 0 Å². The third kappa shape index (κ3) is 10.4. The van der Waals surface area contributed by atoms with Crippen molar-refractivity contribution in [1.29, 1.82) is 5.26 Å². The van der Waals surface area contributed by atoms with Gasteiger partial charge >= 0.3 is 0 Å². The van der Waals surface area contributed by atoms with Crippen LogP contribution in [0.5, 0.6) is 0 Å². The Morgan fingerprint density at radius 3 is 1.67 bits per heavy atom. The molecule has 46 heavy (non-hydrogen) atoms. The van der Waals surface area contributed by atoms with Gasteiger partial charge in [0.05, 0.1) is 17.4 Å². The van der Waals surface area contributed by atoms with Crippen LogP contribution in [-0.2, 0) is 57.8 Å². The van der Waals surface area contributed by atoms with E-state index in [4.69, 9.17) is 16.7 Å². The van der Waals surface area contributed by atoms with Gasteiger partial charge in [0, 0.05) is 26.1 Å². The topological polar surface area (TPSA) is 180 Å². The van der Waals surface area contributed by atoms with E-state index in [-0.39, 0.29) is 25.1 Å². The minimum atomic E-state index is -3.95. The second kappa shape index (κ2) is 16.5. The zero-order chi connectivity index (χ0) is 32.9. The van der Waals surface area contributed by atoms with Gasteiger partial charge in [-0.15, -0.1) is 0 Å². The molecular formula is C35H38N6O4S. The summed E-state index contributed by atoms with van der Waals surface area (Å²) in [5.74, 6) is -1.40. The SMILES string of the molecule is N#Cc1ccc(CNC(=O)[C@H](Cc2ccc(CN)cc2)NC(=O)[C@@H](Cc2ccc(CN)cc2)NS(=O)(=O)Cc2ccccc2)cc1. The zero-order valence-corrected chi connectivity index (χ0v) is 26.2. The monoisotopic (exact) mass is 638 g/mol. The average molecular weight is 639 g/mol. The van der Waals surface area contributed by atoms with Gasteiger partial charge in [0.2, 0.25) is 21.8 Å². The maximum Gasteiger partial charge on any atom is 0.243 e. The summed E-state index contributed by atoms with van der Waals surface area (Å²) in [7, 11) is -3.95. The molecule has 0 aliphatic heterocycles. The smallest absolute Gasteiger partial charge is 0.243 e. The van der Waals surface area contributed by atoms with Gasteiger partial charge in [0.1, 0.15) is 12.1 Å². The van der Waals surface area contributed by atoms with Crippen molar-refractivity contribution in [2.75, 3.05) is 0 Å². The van der Waals surface area contributed by atoms with E-state index >= 15 is 0 Å². The van der Waals surface area contributed by atoms with E-state index in [2.05, 4.69) is 21.4 Å². The van der Waals surface area contributed by atoms with E-state index in [9.17, 15) is 18.0 Å². The molecule has 0 heterocycles. The normalized spacial score (nSPS) is 12.5. The van der Waals surface area contributed by atoms with Crippen molar-refractivity contribution in [1.82, 2.24) is 15.4 Å². The fourth-order valence-electron chi connectivity index (χ4n) is 4.83. The summed E-state index contributed by atoms with van der Waals surface area (Å²) in [6.45, 7) is 0.881. The Morgan fingerprint density at radius 1 is 0.652 bits per heavy atom. The van der Waals surface area contributed by atoms with Gasteiger partial charge in [-0.05, 0) is 51.9 Å². The van der Waals surface area contributed by atoms with Crippen molar-refractivity contribution >= 4 is 21.8 Å². The van der Waals surface area contributed by atoms with Crippen LogP contribution >= 0.6 is 0 Å². The molecule has 0 saturated heterocycles. The third-order valence-corrected chi connectivity index (χ3v) is 8.77. The first kappa shape index (κ1) is 34.0. The standard InChI is InChI=1S/C35H38N6O4S/c36-20-27-10-6-25(7-11-27)18-32(34(42)39-23-30-16-14-29(22-38)15-17-30)40-35(43)33(19-26-8-12-28(21-37)13-9-26)41-46(44,45)24-31-4-2-1-3-5-31/h1-17,32-33,41H,18-21,23-24,36-37H2,(H,39,42)(H,40,43)/t32-,33+/m0/s1. The van der Waals surface area contributed by atoms with E-state index in [1.807, 2.05) is 36.4 Å². The second-order valence-corrected chi connectivity index (χ2v) is 12.7. The highest BCUT2D eigenvalue weighted by Gasteiger charge is 2.29. The lowest BCUT2D eigenvalue weighted by atomic mass is 10.0. The molecule has 0 bridgehead atoms.